The monoisotopic (exact) mass is 386 g/mol. The van der Waals surface area contributed by atoms with Crippen LogP contribution in [0.1, 0.15) is 43.5 Å². The quantitative estimate of drug-likeness (QED) is 0.549. The van der Waals surface area contributed by atoms with Crippen molar-refractivity contribution in [3.05, 3.63) is 48.0 Å². The summed E-state index contributed by atoms with van der Waals surface area (Å²) in [6.07, 6.45) is 10.0. The maximum Gasteiger partial charge on any atom is 0.120 e. The molecule has 0 unspecified atom stereocenters. The van der Waals surface area contributed by atoms with E-state index in [1.54, 1.807) is 6.20 Å². The molecular formula is C22H34N4O2. The number of benzene rings is 1. The van der Waals surface area contributed by atoms with Gasteiger partial charge in [-0.25, -0.2) is 4.98 Å². The van der Waals surface area contributed by atoms with E-state index in [1.807, 2.05) is 18.3 Å². The smallest absolute Gasteiger partial charge is 0.120 e. The van der Waals surface area contributed by atoms with Crippen LogP contribution in [0.5, 0.6) is 5.75 Å². The number of unbranched alkanes of at least 4 members (excludes halogenated alkanes) is 1. The second kappa shape index (κ2) is 11.8. The van der Waals surface area contributed by atoms with Crippen LogP contribution in [0.2, 0.25) is 0 Å². The Bertz CT molecular complexity index is 639. The topological polar surface area (TPSA) is 64.6 Å². The zero-order valence-electron chi connectivity index (χ0n) is 16.9. The van der Waals surface area contributed by atoms with Gasteiger partial charge >= 0.3 is 0 Å². The van der Waals surface area contributed by atoms with Crippen LogP contribution in [-0.4, -0.2) is 64.3 Å². The number of aliphatic hydroxyl groups excluding tert-OH is 1. The van der Waals surface area contributed by atoms with Gasteiger partial charge in [0.2, 0.25) is 0 Å². The number of nitrogens with one attached hydrogen (secondary N) is 1. The van der Waals surface area contributed by atoms with Gasteiger partial charge in [-0.2, -0.15) is 0 Å². The molecule has 3 rings (SSSR count). The Morgan fingerprint density at radius 2 is 1.89 bits per heavy atom. The van der Waals surface area contributed by atoms with Crippen molar-refractivity contribution in [2.75, 3.05) is 39.4 Å². The molecule has 28 heavy (non-hydrogen) atoms. The second-order valence-electron chi connectivity index (χ2n) is 7.57. The molecule has 154 valence electrons. The number of hydrogen-bond acceptors (Lipinski definition) is 5. The number of aliphatic hydroxyl groups is 1. The average molecular weight is 387 g/mol. The lowest BCUT2D eigenvalue weighted by Gasteiger charge is -2.26. The van der Waals surface area contributed by atoms with Gasteiger partial charge < -0.3 is 19.7 Å². The molecule has 6 heteroatoms. The van der Waals surface area contributed by atoms with Gasteiger partial charge in [0.1, 0.15) is 11.6 Å². The number of aromatic nitrogens is 2. The molecule has 6 nitrogen and oxygen atoms in total. The van der Waals surface area contributed by atoms with E-state index in [0.717, 1.165) is 31.1 Å². The highest BCUT2D eigenvalue weighted by molar-refractivity contribution is 5.27. The number of imidazole rings is 1. The summed E-state index contributed by atoms with van der Waals surface area (Å²) in [5.74, 6) is 1.85. The third-order valence-corrected chi connectivity index (χ3v) is 5.26. The molecule has 0 atom stereocenters. The summed E-state index contributed by atoms with van der Waals surface area (Å²) < 4.78 is 5.90. The molecule has 0 amide bonds. The molecular weight excluding hydrogens is 352 g/mol. The Morgan fingerprint density at radius 1 is 1.07 bits per heavy atom. The zero-order chi connectivity index (χ0) is 19.4. The van der Waals surface area contributed by atoms with Crippen molar-refractivity contribution in [3.8, 4) is 5.75 Å². The first-order valence-corrected chi connectivity index (χ1v) is 10.6. The summed E-state index contributed by atoms with van der Waals surface area (Å²) in [4.78, 5) is 12.1. The molecule has 2 heterocycles. The van der Waals surface area contributed by atoms with Crippen LogP contribution in [0.3, 0.4) is 0 Å². The molecule has 1 aliphatic rings. The van der Waals surface area contributed by atoms with Crippen LogP contribution in [0.25, 0.3) is 0 Å². The maximum absolute atomic E-state index is 9.32. The predicted molar refractivity (Wildman–Crippen MR) is 111 cm³/mol. The predicted octanol–water partition coefficient (Wildman–Crippen LogP) is 3.05. The lowest BCUT2D eigenvalue weighted by Crippen LogP contribution is -2.30. The normalized spacial score (nSPS) is 15.2. The van der Waals surface area contributed by atoms with Gasteiger partial charge in [-0.1, -0.05) is 18.6 Å². The van der Waals surface area contributed by atoms with E-state index in [9.17, 15) is 5.11 Å². The summed E-state index contributed by atoms with van der Waals surface area (Å²) in [6.45, 7) is 6.77. The number of nitrogens with zero attached hydrogens (tertiary/aromatic N) is 3. The van der Waals surface area contributed by atoms with Gasteiger partial charge in [-0.3, -0.25) is 4.90 Å². The van der Waals surface area contributed by atoms with E-state index in [2.05, 4.69) is 31.9 Å². The molecule has 0 saturated carbocycles. The number of hydrogen-bond donors (Lipinski definition) is 2. The van der Waals surface area contributed by atoms with Crippen molar-refractivity contribution >= 4 is 0 Å². The second-order valence-corrected chi connectivity index (χ2v) is 7.57. The van der Waals surface area contributed by atoms with E-state index in [4.69, 9.17) is 4.74 Å². The molecule has 1 aliphatic heterocycles. The fourth-order valence-corrected chi connectivity index (χ4v) is 3.71. The Kier molecular flexibility index (Phi) is 8.81. The first-order valence-electron chi connectivity index (χ1n) is 10.6. The fourth-order valence-electron chi connectivity index (χ4n) is 3.71. The number of piperidine rings is 1. The number of likely N-dealkylation sites (tertiary alicyclic amines) is 1. The van der Waals surface area contributed by atoms with Crippen LogP contribution >= 0.6 is 0 Å². The molecule has 0 aliphatic carbocycles. The van der Waals surface area contributed by atoms with Gasteiger partial charge in [-0.15, -0.1) is 0 Å². The van der Waals surface area contributed by atoms with Crippen LogP contribution in [-0.2, 0) is 13.1 Å². The lowest BCUT2D eigenvalue weighted by atomic mass is 10.1. The van der Waals surface area contributed by atoms with Crippen LogP contribution < -0.4 is 4.74 Å². The SMILES string of the molecule is OCCN(Cc1ccc(OCCCCN2CCCCC2)cc1)Cc1ncc[nH]1. The Labute approximate surface area is 168 Å². The largest absolute Gasteiger partial charge is 0.494 e. The Morgan fingerprint density at radius 3 is 2.61 bits per heavy atom. The van der Waals surface area contributed by atoms with Gasteiger partial charge in [0, 0.05) is 25.5 Å². The highest BCUT2D eigenvalue weighted by Crippen LogP contribution is 2.15. The lowest BCUT2D eigenvalue weighted by molar-refractivity contribution is 0.181. The van der Waals surface area contributed by atoms with Crippen molar-refractivity contribution in [2.45, 2.75) is 45.2 Å². The van der Waals surface area contributed by atoms with Crippen LogP contribution in [0.15, 0.2) is 36.7 Å². The minimum absolute atomic E-state index is 0.138. The van der Waals surface area contributed by atoms with Gasteiger partial charge in [0.15, 0.2) is 0 Å². The molecule has 1 fully saturated rings. The van der Waals surface area contributed by atoms with E-state index >= 15 is 0 Å². The first-order chi connectivity index (χ1) is 13.8. The van der Waals surface area contributed by atoms with Crippen molar-refractivity contribution in [2.24, 2.45) is 0 Å². The van der Waals surface area contributed by atoms with Crippen molar-refractivity contribution < 1.29 is 9.84 Å². The minimum Gasteiger partial charge on any atom is -0.494 e. The van der Waals surface area contributed by atoms with Crippen LogP contribution in [0, 0.1) is 0 Å². The fraction of sp³-hybridized carbons (Fsp3) is 0.591. The summed E-state index contributed by atoms with van der Waals surface area (Å²) in [6, 6.07) is 8.30. The van der Waals surface area contributed by atoms with Crippen molar-refractivity contribution in [3.63, 3.8) is 0 Å². The van der Waals surface area contributed by atoms with E-state index in [1.165, 1.54) is 50.9 Å². The van der Waals surface area contributed by atoms with Gasteiger partial charge in [0.25, 0.3) is 0 Å². The molecule has 2 aromatic rings. The highest BCUT2D eigenvalue weighted by Gasteiger charge is 2.10. The molecule has 0 radical (unpaired) electrons. The third kappa shape index (κ3) is 7.26. The average Bonchev–Trinajstić information content (AvgIpc) is 3.23. The first kappa shape index (κ1) is 20.8. The number of H-pyrrole nitrogens is 1. The number of rotatable bonds is 12. The number of ether oxygens (including phenoxy) is 1. The zero-order valence-corrected chi connectivity index (χ0v) is 16.9. The molecule has 0 bridgehead atoms. The molecule has 2 N–H and O–H groups in total. The van der Waals surface area contributed by atoms with Crippen molar-refractivity contribution in [1.29, 1.82) is 0 Å². The standard InChI is InChI=1S/C22H34N4O2/c27-16-15-26(19-22-23-10-11-24-22)18-20-6-8-21(9-7-20)28-17-5-4-14-25-12-2-1-3-13-25/h6-11,27H,1-5,12-19H2,(H,23,24). The molecule has 1 aromatic heterocycles. The van der Waals surface area contributed by atoms with E-state index in [0.29, 0.717) is 13.1 Å². The summed E-state index contributed by atoms with van der Waals surface area (Å²) in [5.41, 5.74) is 1.21. The number of aromatic amines is 1. The summed E-state index contributed by atoms with van der Waals surface area (Å²) in [5, 5.41) is 9.32. The minimum atomic E-state index is 0.138. The summed E-state index contributed by atoms with van der Waals surface area (Å²) >= 11 is 0. The molecule has 0 spiro atoms. The van der Waals surface area contributed by atoms with Crippen LogP contribution in [0.4, 0.5) is 0 Å². The summed E-state index contributed by atoms with van der Waals surface area (Å²) in [7, 11) is 0. The Hall–Kier alpha value is -1.89. The molecule has 1 saturated heterocycles. The highest BCUT2D eigenvalue weighted by atomic mass is 16.5. The molecule has 1 aromatic carbocycles. The third-order valence-electron chi connectivity index (χ3n) is 5.26. The maximum atomic E-state index is 9.32. The van der Waals surface area contributed by atoms with Crippen molar-refractivity contribution in [1.82, 2.24) is 19.8 Å². The van der Waals surface area contributed by atoms with Gasteiger partial charge in [-0.05, 0) is 63.0 Å². The Balaban J connectivity index is 1.36. The van der Waals surface area contributed by atoms with E-state index < -0.39 is 0 Å². The van der Waals surface area contributed by atoms with E-state index in [-0.39, 0.29) is 6.61 Å². The van der Waals surface area contributed by atoms with Gasteiger partial charge in [0.05, 0.1) is 19.8 Å².